The van der Waals surface area contributed by atoms with Crippen molar-refractivity contribution in [3.8, 4) is 6.07 Å². The van der Waals surface area contributed by atoms with E-state index in [0.29, 0.717) is 12.3 Å². The second-order valence-corrected chi connectivity index (χ2v) is 7.96. The van der Waals surface area contributed by atoms with Crippen LogP contribution < -0.4 is 0 Å². The van der Waals surface area contributed by atoms with Gasteiger partial charge >= 0.3 is 5.51 Å². The Morgan fingerprint density at radius 1 is 1.21 bits per heavy atom. The number of nitriles is 1. The smallest absolute Gasteiger partial charge is 0.299 e. The Balaban J connectivity index is 1.91. The molecule has 6 heteroatoms. The Morgan fingerprint density at radius 2 is 1.79 bits per heavy atom. The Kier molecular flexibility index (Phi) is 6.22. The number of rotatable bonds is 5. The van der Waals surface area contributed by atoms with Crippen molar-refractivity contribution < 1.29 is 13.2 Å². The normalized spacial score (nSPS) is 18.5. The lowest BCUT2D eigenvalue weighted by Gasteiger charge is -2.43. The van der Waals surface area contributed by atoms with E-state index in [-0.39, 0.29) is 22.1 Å². The van der Waals surface area contributed by atoms with Gasteiger partial charge in [-0.05, 0) is 66.7 Å². The second kappa shape index (κ2) is 7.79. The van der Waals surface area contributed by atoms with Crippen LogP contribution >= 0.6 is 11.8 Å². The number of nitrogens with zero attached hydrogens (tertiary/aromatic N) is 2. The lowest BCUT2D eigenvalue weighted by atomic mass is 9.68. The van der Waals surface area contributed by atoms with Crippen molar-refractivity contribution in [1.29, 1.82) is 5.26 Å². The maximum atomic E-state index is 12.3. The average molecular weight is 356 g/mol. The van der Waals surface area contributed by atoms with E-state index in [9.17, 15) is 13.2 Å². The zero-order valence-electron chi connectivity index (χ0n) is 14.1. The number of halogens is 3. The third kappa shape index (κ3) is 5.15. The average Bonchev–Trinajstić information content (AvgIpc) is 2.50. The van der Waals surface area contributed by atoms with Crippen LogP contribution in [-0.2, 0) is 6.54 Å². The molecule has 1 saturated heterocycles. The van der Waals surface area contributed by atoms with E-state index < -0.39 is 5.51 Å². The van der Waals surface area contributed by atoms with E-state index in [1.807, 2.05) is 0 Å². The van der Waals surface area contributed by atoms with Gasteiger partial charge in [0, 0.05) is 17.9 Å². The summed E-state index contributed by atoms with van der Waals surface area (Å²) in [4.78, 5) is 2.54. The van der Waals surface area contributed by atoms with Crippen molar-refractivity contribution in [2.24, 2.45) is 11.3 Å². The summed E-state index contributed by atoms with van der Waals surface area (Å²) in [6.45, 7) is 6.98. The van der Waals surface area contributed by atoms with Gasteiger partial charge in [-0.25, -0.2) is 0 Å². The summed E-state index contributed by atoms with van der Waals surface area (Å²) < 4.78 is 37.0. The van der Waals surface area contributed by atoms with Crippen molar-refractivity contribution in [1.82, 2.24) is 4.90 Å². The summed E-state index contributed by atoms with van der Waals surface area (Å²) in [5.74, 6) is 0.484. The highest BCUT2D eigenvalue weighted by Crippen LogP contribution is 2.42. The molecule has 132 valence electrons. The molecule has 2 nitrogen and oxygen atoms in total. The van der Waals surface area contributed by atoms with Gasteiger partial charge in [-0.2, -0.15) is 18.4 Å². The molecule has 0 unspecified atom stereocenters. The summed E-state index contributed by atoms with van der Waals surface area (Å²) in [7, 11) is 0. The molecule has 0 saturated carbocycles. The van der Waals surface area contributed by atoms with E-state index in [1.165, 1.54) is 12.1 Å². The predicted octanol–water partition coefficient (Wildman–Crippen LogP) is 5.45. The van der Waals surface area contributed by atoms with Gasteiger partial charge in [0.05, 0.1) is 6.07 Å². The maximum absolute atomic E-state index is 12.3. The monoisotopic (exact) mass is 356 g/mol. The molecule has 1 aromatic rings. The zero-order chi connectivity index (χ0) is 17.8. The van der Waals surface area contributed by atoms with Crippen LogP contribution in [0.5, 0.6) is 0 Å². The standard InChI is InChI=1S/C18H23F3N2S/c1-14(2)17(7-10-22)8-11-23(12-9-17)13-15-3-5-16(6-4-15)24-18(19,20)21/h3-6,14H,7-9,11-13H2,1-2H3. The highest BCUT2D eigenvalue weighted by Gasteiger charge is 2.37. The Bertz CT molecular complexity index is 567. The number of hydrogen-bond donors (Lipinski definition) is 0. The van der Waals surface area contributed by atoms with E-state index in [0.717, 1.165) is 38.0 Å². The fourth-order valence-corrected chi connectivity index (χ4v) is 3.87. The summed E-state index contributed by atoms with van der Waals surface area (Å²) >= 11 is -0.0803. The number of hydrogen-bond acceptors (Lipinski definition) is 3. The van der Waals surface area contributed by atoms with Gasteiger partial charge in [-0.15, -0.1) is 0 Å². The van der Waals surface area contributed by atoms with Crippen LogP contribution in [-0.4, -0.2) is 23.5 Å². The van der Waals surface area contributed by atoms with Crippen molar-refractivity contribution in [3.63, 3.8) is 0 Å². The van der Waals surface area contributed by atoms with Crippen molar-refractivity contribution in [2.75, 3.05) is 13.1 Å². The molecule has 0 aromatic heterocycles. The van der Waals surface area contributed by atoms with Gasteiger partial charge in [0.2, 0.25) is 0 Å². The number of likely N-dealkylation sites (tertiary alicyclic amines) is 1. The first-order valence-corrected chi connectivity index (χ1v) is 9.00. The zero-order valence-corrected chi connectivity index (χ0v) is 14.9. The Labute approximate surface area is 146 Å². The third-order valence-corrected chi connectivity index (χ3v) is 5.81. The summed E-state index contributed by atoms with van der Waals surface area (Å²) in [6, 6.07) is 8.95. The molecular formula is C18H23F3N2S. The van der Waals surface area contributed by atoms with Gasteiger partial charge in [0.1, 0.15) is 0 Å². The van der Waals surface area contributed by atoms with Crippen LogP contribution in [0, 0.1) is 22.7 Å². The van der Waals surface area contributed by atoms with Crippen LogP contribution in [0.3, 0.4) is 0 Å². The number of benzene rings is 1. The third-order valence-electron chi connectivity index (χ3n) is 5.07. The second-order valence-electron chi connectivity index (χ2n) is 6.82. The first kappa shape index (κ1) is 19.1. The topological polar surface area (TPSA) is 27.0 Å². The molecule has 2 rings (SSSR count). The predicted molar refractivity (Wildman–Crippen MR) is 90.4 cm³/mol. The van der Waals surface area contributed by atoms with Crippen molar-refractivity contribution >= 4 is 11.8 Å². The van der Waals surface area contributed by atoms with Gasteiger partial charge in [-0.1, -0.05) is 26.0 Å². The van der Waals surface area contributed by atoms with Gasteiger partial charge in [0.25, 0.3) is 0 Å². The largest absolute Gasteiger partial charge is 0.446 e. The quantitative estimate of drug-likeness (QED) is 0.656. The van der Waals surface area contributed by atoms with E-state index in [4.69, 9.17) is 5.26 Å². The minimum absolute atomic E-state index is 0.0803. The number of thioether (sulfide) groups is 1. The van der Waals surface area contributed by atoms with Crippen LogP contribution in [0.25, 0.3) is 0 Å². The van der Waals surface area contributed by atoms with Gasteiger partial charge < -0.3 is 0 Å². The molecular weight excluding hydrogens is 333 g/mol. The molecule has 1 aliphatic heterocycles. The molecule has 1 aliphatic rings. The van der Waals surface area contributed by atoms with Crippen molar-refractivity contribution in [3.05, 3.63) is 29.8 Å². The van der Waals surface area contributed by atoms with Gasteiger partial charge in [-0.3, -0.25) is 4.90 Å². The van der Waals surface area contributed by atoms with E-state index >= 15 is 0 Å². The molecule has 0 N–H and O–H groups in total. The number of alkyl halides is 3. The van der Waals surface area contributed by atoms with E-state index in [2.05, 4.69) is 24.8 Å². The van der Waals surface area contributed by atoms with Crippen LogP contribution in [0.2, 0.25) is 0 Å². The SMILES string of the molecule is CC(C)C1(CC#N)CCN(Cc2ccc(SC(F)(F)F)cc2)CC1. The minimum Gasteiger partial charge on any atom is -0.299 e. The molecule has 0 spiro atoms. The summed E-state index contributed by atoms with van der Waals surface area (Å²) in [5, 5.41) is 9.09. The number of piperidine rings is 1. The molecule has 0 radical (unpaired) electrons. The highest BCUT2D eigenvalue weighted by atomic mass is 32.2. The summed E-state index contributed by atoms with van der Waals surface area (Å²) in [5.41, 5.74) is -3.10. The molecule has 24 heavy (non-hydrogen) atoms. The Morgan fingerprint density at radius 3 is 2.25 bits per heavy atom. The van der Waals surface area contributed by atoms with Crippen LogP contribution in [0.4, 0.5) is 13.2 Å². The minimum atomic E-state index is -4.24. The maximum Gasteiger partial charge on any atom is 0.446 e. The molecule has 0 bridgehead atoms. The first-order valence-electron chi connectivity index (χ1n) is 8.18. The molecule has 1 heterocycles. The highest BCUT2D eigenvalue weighted by molar-refractivity contribution is 8.00. The molecule has 0 atom stereocenters. The summed E-state index contributed by atoms with van der Waals surface area (Å²) in [6.07, 6.45) is 2.60. The Hall–Kier alpha value is -1.19. The molecule has 1 fully saturated rings. The first-order chi connectivity index (χ1) is 11.2. The lowest BCUT2D eigenvalue weighted by Crippen LogP contribution is -2.42. The molecule has 0 amide bonds. The molecule has 1 aromatic carbocycles. The van der Waals surface area contributed by atoms with E-state index in [1.54, 1.807) is 12.1 Å². The van der Waals surface area contributed by atoms with Gasteiger partial charge in [0.15, 0.2) is 0 Å². The fourth-order valence-electron chi connectivity index (χ4n) is 3.33. The van der Waals surface area contributed by atoms with Crippen LogP contribution in [0.15, 0.2) is 29.2 Å². The lowest BCUT2D eigenvalue weighted by molar-refractivity contribution is -0.0328. The molecule has 0 aliphatic carbocycles. The fraction of sp³-hybridized carbons (Fsp3) is 0.611. The van der Waals surface area contributed by atoms with Crippen LogP contribution in [0.1, 0.15) is 38.7 Å². The van der Waals surface area contributed by atoms with Crippen molar-refractivity contribution in [2.45, 2.75) is 50.1 Å².